The molecule has 1 fully saturated rings. The first-order valence-corrected chi connectivity index (χ1v) is 4.03. The largest absolute Gasteiger partial charge is 0.368 e. The van der Waals surface area contributed by atoms with E-state index in [1.807, 2.05) is 0 Å². The molecule has 0 radical (unpaired) electrons. The second kappa shape index (κ2) is 2.92. The summed E-state index contributed by atoms with van der Waals surface area (Å²) < 4.78 is 0. The fourth-order valence-corrected chi connectivity index (χ4v) is 0.952. The molecule has 1 saturated carbocycles. The quantitative estimate of drug-likeness (QED) is 0.672. The fourth-order valence-electron chi connectivity index (χ4n) is 0.952. The van der Waals surface area contributed by atoms with Crippen molar-refractivity contribution in [3.05, 3.63) is 6.33 Å². The minimum atomic E-state index is 0.267. The molecule has 1 heterocycles. The molecule has 1 aliphatic rings. The van der Waals surface area contributed by atoms with Gasteiger partial charge in [0, 0.05) is 6.54 Å². The van der Waals surface area contributed by atoms with Gasteiger partial charge in [0.15, 0.2) is 0 Å². The van der Waals surface area contributed by atoms with Crippen LogP contribution < -0.4 is 11.1 Å². The zero-order valence-electron chi connectivity index (χ0n) is 6.70. The van der Waals surface area contributed by atoms with Crippen LogP contribution in [-0.2, 0) is 0 Å². The standard InChI is InChI=1S/C7H11N5/c8-6-10-4-11-7(12-6)9-3-5-1-2-5/h4-5H,1-3H2,(H3,8,9,10,11,12). The van der Waals surface area contributed by atoms with Crippen molar-refractivity contribution in [3.8, 4) is 0 Å². The van der Waals surface area contributed by atoms with Gasteiger partial charge in [0.05, 0.1) is 0 Å². The lowest BCUT2D eigenvalue weighted by molar-refractivity contribution is 0.869. The number of nitrogens with zero attached hydrogens (tertiary/aromatic N) is 3. The van der Waals surface area contributed by atoms with Crippen molar-refractivity contribution < 1.29 is 0 Å². The fraction of sp³-hybridized carbons (Fsp3) is 0.571. The minimum absolute atomic E-state index is 0.267. The molecular formula is C7H11N5. The Labute approximate surface area is 70.4 Å². The molecule has 0 unspecified atom stereocenters. The Balaban J connectivity index is 1.92. The first kappa shape index (κ1) is 7.27. The van der Waals surface area contributed by atoms with Crippen LogP contribution in [0.5, 0.6) is 0 Å². The molecule has 5 nitrogen and oxygen atoms in total. The van der Waals surface area contributed by atoms with Gasteiger partial charge in [0.25, 0.3) is 0 Å². The molecule has 0 atom stereocenters. The molecular weight excluding hydrogens is 154 g/mol. The van der Waals surface area contributed by atoms with Gasteiger partial charge < -0.3 is 11.1 Å². The van der Waals surface area contributed by atoms with Crippen molar-refractivity contribution in [2.75, 3.05) is 17.6 Å². The van der Waals surface area contributed by atoms with E-state index in [9.17, 15) is 0 Å². The first-order chi connectivity index (χ1) is 5.84. The van der Waals surface area contributed by atoms with Gasteiger partial charge in [-0.25, -0.2) is 9.97 Å². The molecule has 1 aromatic heterocycles. The Morgan fingerprint density at radius 1 is 1.50 bits per heavy atom. The molecule has 3 N–H and O–H groups in total. The third-order valence-corrected chi connectivity index (χ3v) is 1.84. The summed E-state index contributed by atoms with van der Waals surface area (Å²) in [4.78, 5) is 11.5. The highest BCUT2D eigenvalue weighted by molar-refractivity contribution is 5.28. The summed E-state index contributed by atoms with van der Waals surface area (Å²) in [6.45, 7) is 0.948. The Hall–Kier alpha value is -1.39. The van der Waals surface area contributed by atoms with E-state index in [-0.39, 0.29) is 5.95 Å². The maximum absolute atomic E-state index is 5.38. The highest BCUT2D eigenvalue weighted by Crippen LogP contribution is 2.28. The second-order valence-corrected chi connectivity index (χ2v) is 2.99. The predicted molar refractivity (Wildman–Crippen MR) is 45.5 cm³/mol. The molecule has 0 amide bonds. The summed E-state index contributed by atoms with van der Waals surface area (Å²) in [5.41, 5.74) is 5.38. The molecule has 0 bridgehead atoms. The van der Waals surface area contributed by atoms with Gasteiger partial charge in [-0.1, -0.05) is 0 Å². The monoisotopic (exact) mass is 165 g/mol. The molecule has 0 saturated heterocycles. The SMILES string of the molecule is Nc1ncnc(NCC2CC2)n1. The smallest absolute Gasteiger partial charge is 0.227 e. The third-order valence-electron chi connectivity index (χ3n) is 1.84. The van der Waals surface area contributed by atoms with Crippen LogP contribution in [0.1, 0.15) is 12.8 Å². The van der Waals surface area contributed by atoms with Gasteiger partial charge in [-0.05, 0) is 18.8 Å². The normalized spacial score (nSPS) is 16.0. The molecule has 0 aromatic carbocycles. The van der Waals surface area contributed by atoms with E-state index in [0.717, 1.165) is 12.5 Å². The van der Waals surface area contributed by atoms with E-state index in [2.05, 4.69) is 20.3 Å². The van der Waals surface area contributed by atoms with E-state index >= 15 is 0 Å². The van der Waals surface area contributed by atoms with E-state index in [1.165, 1.54) is 19.2 Å². The van der Waals surface area contributed by atoms with E-state index < -0.39 is 0 Å². The molecule has 0 aliphatic heterocycles. The number of hydrogen-bond acceptors (Lipinski definition) is 5. The van der Waals surface area contributed by atoms with Gasteiger partial charge in [0.1, 0.15) is 6.33 Å². The number of rotatable bonds is 3. The number of hydrogen-bond donors (Lipinski definition) is 2. The van der Waals surface area contributed by atoms with Crippen molar-refractivity contribution in [1.29, 1.82) is 0 Å². The predicted octanol–water partition coefficient (Wildman–Crippen LogP) is 0.276. The third kappa shape index (κ3) is 1.81. The zero-order valence-corrected chi connectivity index (χ0v) is 6.70. The van der Waals surface area contributed by atoms with Crippen molar-refractivity contribution in [1.82, 2.24) is 15.0 Å². The Bertz CT molecular complexity index is 270. The Kier molecular flexibility index (Phi) is 1.77. The Morgan fingerprint density at radius 3 is 3.00 bits per heavy atom. The van der Waals surface area contributed by atoms with Gasteiger partial charge in [-0.2, -0.15) is 4.98 Å². The molecule has 1 aliphatic carbocycles. The zero-order chi connectivity index (χ0) is 8.39. The van der Waals surface area contributed by atoms with Crippen LogP contribution in [-0.4, -0.2) is 21.5 Å². The average Bonchev–Trinajstić information content (AvgIpc) is 2.84. The lowest BCUT2D eigenvalue weighted by Gasteiger charge is -2.01. The second-order valence-electron chi connectivity index (χ2n) is 2.99. The summed E-state index contributed by atoms with van der Waals surface area (Å²) in [6, 6.07) is 0. The number of aromatic nitrogens is 3. The lowest BCUT2D eigenvalue weighted by atomic mass is 10.4. The topological polar surface area (TPSA) is 76.7 Å². The van der Waals surface area contributed by atoms with Crippen molar-refractivity contribution in [2.24, 2.45) is 5.92 Å². The van der Waals surface area contributed by atoms with Gasteiger partial charge in [-0.3, -0.25) is 0 Å². The lowest BCUT2D eigenvalue weighted by Crippen LogP contribution is -2.08. The molecule has 1 aromatic rings. The van der Waals surface area contributed by atoms with Crippen LogP contribution >= 0.6 is 0 Å². The van der Waals surface area contributed by atoms with Gasteiger partial charge >= 0.3 is 0 Å². The Morgan fingerprint density at radius 2 is 2.33 bits per heavy atom. The summed E-state index contributed by atoms with van der Waals surface area (Å²) in [7, 11) is 0. The van der Waals surface area contributed by atoms with Gasteiger partial charge in [0.2, 0.25) is 11.9 Å². The number of nitrogen functional groups attached to an aromatic ring is 1. The van der Waals surface area contributed by atoms with Crippen molar-refractivity contribution in [3.63, 3.8) is 0 Å². The minimum Gasteiger partial charge on any atom is -0.368 e. The highest BCUT2D eigenvalue weighted by Gasteiger charge is 2.20. The molecule has 5 heteroatoms. The van der Waals surface area contributed by atoms with Crippen molar-refractivity contribution >= 4 is 11.9 Å². The first-order valence-electron chi connectivity index (χ1n) is 4.03. The molecule has 64 valence electrons. The van der Waals surface area contributed by atoms with E-state index in [0.29, 0.717) is 5.95 Å². The van der Waals surface area contributed by atoms with Crippen LogP contribution in [0, 0.1) is 5.92 Å². The van der Waals surface area contributed by atoms with Crippen LogP contribution in [0.15, 0.2) is 6.33 Å². The number of anilines is 2. The summed E-state index contributed by atoms with van der Waals surface area (Å²) in [5, 5.41) is 3.11. The van der Waals surface area contributed by atoms with Crippen molar-refractivity contribution in [2.45, 2.75) is 12.8 Å². The maximum atomic E-state index is 5.38. The van der Waals surface area contributed by atoms with Crippen LogP contribution in [0.25, 0.3) is 0 Å². The summed E-state index contributed by atoms with van der Waals surface area (Å²) in [5.74, 6) is 1.65. The van der Waals surface area contributed by atoms with Crippen LogP contribution in [0.3, 0.4) is 0 Å². The van der Waals surface area contributed by atoms with E-state index in [1.54, 1.807) is 0 Å². The average molecular weight is 165 g/mol. The number of nitrogens with one attached hydrogen (secondary N) is 1. The van der Waals surface area contributed by atoms with Gasteiger partial charge in [-0.15, -0.1) is 0 Å². The number of nitrogens with two attached hydrogens (primary N) is 1. The van der Waals surface area contributed by atoms with Crippen LogP contribution in [0.4, 0.5) is 11.9 Å². The summed E-state index contributed by atoms with van der Waals surface area (Å²) >= 11 is 0. The molecule has 0 spiro atoms. The molecule has 2 rings (SSSR count). The maximum Gasteiger partial charge on any atom is 0.227 e. The summed E-state index contributed by atoms with van der Waals surface area (Å²) in [6.07, 6.45) is 4.04. The van der Waals surface area contributed by atoms with Crippen LogP contribution in [0.2, 0.25) is 0 Å². The molecule has 12 heavy (non-hydrogen) atoms. The van der Waals surface area contributed by atoms with E-state index in [4.69, 9.17) is 5.73 Å². The highest BCUT2D eigenvalue weighted by atomic mass is 15.2.